The first-order chi connectivity index (χ1) is 8.60. The van der Waals surface area contributed by atoms with E-state index in [1.54, 1.807) is 24.1 Å². The molecule has 2 rings (SSSR count). The zero-order valence-corrected chi connectivity index (χ0v) is 11.0. The van der Waals surface area contributed by atoms with Gasteiger partial charge >= 0.3 is 0 Å². The molecule has 0 saturated carbocycles. The van der Waals surface area contributed by atoms with Crippen molar-refractivity contribution < 1.29 is 13.5 Å². The molecule has 0 aliphatic heterocycles. The van der Waals surface area contributed by atoms with Gasteiger partial charge in [0.25, 0.3) is 0 Å². The van der Waals surface area contributed by atoms with E-state index >= 15 is 0 Å². The lowest BCUT2D eigenvalue weighted by atomic mass is 10.2. The van der Waals surface area contributed by atoms with Crippen LogP contribution in [0, 0.1) is 6.92 Å². The van der Waals surface area contributed by atoms with Gasteiger partial charge in [-0.15, -0.1) is 0 Å². The van der Waals surface area contributed by atoms with Gasteiger partial charge in [-0.3, -0.25) is 0 Å². The molecule has 18 heavy (non-hydrogen) atoms. The molecule has 5 nitrogen and oxygen atoms in total. The summed E-state index contributed by atoms with van der Waals surface area (Å²) < 4.78 is 26.4. The second-order valence-electron chi connectivity index (χ2n) is 3.87. The van der Waals surface area contributed by atoms with Crippen LogP contribution in [0.3, 0.4) is 0 Å². The normalized spacial score (nSPS) is 12.4. The SMILES string of the molecule is COc1ccc(C)c(-n2ccc(CS(=O)O)n2)c1. The second kappa shape index (κ2) is 5.32. The summed E-state index contributed by atoms with van der Waals surface area (Å²) in [5.41, 5.74) is 2.53. The molecule has 1 atom stereocenters. The molecule has 1 aromatic heterocycles. The van der Waals surface area contributed by atoms with E-state index in [9.17, 15) is 4.21 Å². The van der Waals surface area contributed by atoms with Crippen LogP contribution in [-0.4, -0.2) is 25.7 Å². The number of aromatic nitrogens is 2. The van der Waals surface area contributed by atoms with Crippen molar-refractivity contribution in [3.63, 3.8) is 0 Å². The molecule has 0 aliphatic carbocycles. The summed E-state index contributed by atoms with van der Waals surface area (Å²) in [6, 6.07) is 7.43. The fourth-order valence-corrected chi connectivity index (χ4v) is 2.07. The van der Waals surface area contributed by atoms with Gasteiger partial charge < -0.3 is 9.29 Å². The van der Waals surface area contributed by atoms with E-state index < -0.39 is 11.1 Å². The molecule has 0 amide bonds. The topological polar surface area (TPSA) is 64.3 Å². The van der Waals surface area contributed by atoms with E-state index in [0.29, 0.717) is 5.69 Å². The van der Waals surface area contributed by atoms with E-state index in [2.05, 4.69) is 5.10 Å². The smallest absolute Gasteiger partial charge is 0.159 e. The summed E-state index contributed by atoms with van der Waals surface area (Å²) in [6.45, 7) is 1.97. The summed E-state index contributed by atoms with van der Waals surface area (Å²) in [5, 5.41) is 4.26. The Kier molecular flexibility index (Phi) is 3.78. The highest BCUT2D eigenvalue weighted by Crippen LogP contribution is 2.20. The van der Waals surface area contributed by atoms with Crippen LogP contribution in [0.25, 0.3) is 5.69 Å². The largest absolute Gasteiger partial charge is 0.497 e. The molecule has 1 heterocycles. The zero-order chi connectivity index (χ0) is 13.1. The van der Waals surface area contributed by atoms with Crippen molar-refractivity contribution in [2.24, 2.45) is 0 Å². The van der Waals surface area contributed by atoms with Crippen molar-refractivity contribution in [2.75, 3.05) is 7.11 Å². The average molecular weight is 266 g/mol. The lowest BCUT2D eigenvalue weighted by Gasteiger charge is -2.08. The Bertz CT molecular complexity index is 580. The molecule has 0 saturated heterocycles. The van der Waals surface area contributed by atoms with Gasteiger partial charge in [0.05, 0.1) is 24.2 Å². The van der Waals surface area contributed by atoms with Gasteiger partial charge in [0.15, 0.2) is 11.1 Å². The molecule has 0 bridgehead atoms. The van der Waals surface area contributed by atoms with Gasteiger partial charge in [-0.05, 0) is 24.6 Å². The third kappa shape index (κ3) is 2.77. The molecule has 0 aliphatic rings. The van der Waals surface area contributed by atoms with Gasteiger partial charge in [0.2, 0.25) is 0 Å². The van der Waals surface area contributed by atoms with Gasteiger partial charge in [-0.2, -0.15) is 5.10 Å². The number of benzene rings is 1. The standard InChI is InChI=1S/C12H14N2O3S/c1-9-3-4-11(17-2)7-12(9)14-6-5-10(13-14)8-18(15)16/h3-7H,8H2,1-2H3,(H,15,16). The number of rotatable bonds is 4. The van der Waals surface area contributed by atoms with Crippen LogP contribution >= 0.6 is 0 Å². The number of ether oxygens (including phenoxy) is 1. The fraction of sp³-hybridized carbons (Fsp3) is 0.250. The maximum absolute atomic E-state index is 10.7. The van der Waals surface area contributed by atoms with Crippen molar-refractivity contribution in [1.82, 2.24) is 9.78 Å². The molecular formula is C12H14N2O3S. The van der Waals surface area contributed by atoms with Crippen molar-refractivity contribution in [3.05, 3.63) is 41.7 Å². The van der Waals surface area contributed by atoms with Crippen LogP contribution < -0.4 is 4.74 Å². The highest BCUT2D eigenvalue weighted by Gasteiger charge is 2.07. The molecule has 96 valence electrons. The summed E-state index contributed by atoms with van der Waals surface area (Å²) in [4.78, 5) is 0. The number of methoxy groups -OCH3 is 1. The highest BCUT2D eigenvalue weighted by molar-refractivity contribution is 7.78. The van der Waals surface area contributed by atoms with Gasteiger partial charge in [-0.1, -0.05) is 6.07 Å². The minimum atomic E-state index is -1.87. The third-order valence-electron chi connectivity index (χ3n) is 2.58. The van der Waals surface area contributed by atoms with E-state index in [-0.39, 0.29) is 5.75 Å². The van der Waals surface area contributed by atoms with Crippen LogP contribution in [0.5, 0.6) is 5.75 Å². The van der Waals surface area contributed by atoms with Crippen LogP contribution in [0.15, 0.2) is 30.5 Å². The van der Waals surface area contributed by atoms with E-state index in [1.165, 1.54) is 0 Å². The first-order valence-electron chi connectivity index (χ1n) is 5.37. The van der Waals surface area contributed by atoms with E-state index in [0.717, 1.165) is 17.0 Å². The summed E-state index contributed by atoms with van der Waals surface area (Å²) >= 11 is -1.87. The molecule has 0 spiro atoms. The predicted octanol–water partition coefficient (Wildman–Crippen LogP) is 1.91. The molecule has 0 radical (unpaired) electrons. The van der Waals surface area contributed by atoms with Crippen molar-refractivity contribution in [1.29, 1.82) is 0 Å². The molecule has 1 aromatic carbocycles. The molecule has 1 unspecified atom stereocenters. The second-order valence-corrected chi connectivity index (χ2v) is 4.80. The van der Waals surface area contributed by atoms with Crippen molar-refractivity contribution in [3.8, 4) is 11.4 Å². The average Bonchev–Trinajstić information content (AvgIpc) is 2.77. The monoisotopic (exact) mass is 266 g/mol. The maximum atomic E-state index is 10.7. The molecule has 6 heteroatoms. The van der Waals surface area contributed by atoms with Gasteiger partial charge in [-0.25, -0.2) is 8.89 Å². The maximum Gasteiger partial charge on any atom is 0.159 e. The Morgan fingerprint density at radius 1 is 1.44 bits per heavy atom. The van der Waals surface area contributed by atoms with Crippen molar-refractivity contribution >= 4 is 11.1 Å². The van der Waals surface area contributed by atoms with Crippen LogP contribution in [-0.2, 0) is 16.8 Å². The lowest BCUT2D eigenvalue weighted by Crippen LogP contribution is -2.01. The predicted molar refractivity (Wildman–Crippen MR) is 69.3 cm³/mol. The van der Waals surface area contributed by atoms with Crippen LogP contribution in [0.2, 0.25) is 0 Å². The van der Waals surface area contributed by atoms with Crippen LogP contribution in [0.1, 0.15) is 11.3 Å². The number of aryl methyl sites for hydroxylation is 1. The Balaban J connectivity index is 2.36. The Labute approximate surface area is 108 Å². The van der Waals surface area contributed by atoms with E-state index in [1.807, 2.05) is 25.1 Å². The minimum absolute atomic E-state index is 0.0377. The first-order valence-corrected chi connectivity index (χ1v) is 6.65. The Hall–Kier alpha value is -1.66. The molecule has 0 fully saturated rings. The summed E-state index contributed by atoms with van der Waals surface area (Å²) in [6.07, 6.45) is 1.77. The Morgan fingerprint density at radius 3 is 2.89 bits per heavy atom. The Morgan fingerprint density at radius 2 is 2.22 bits per heavy atom. The summed E-state index contributed by atoms with van der Waals surface area (Å²) in [5.74, 6) is 0.786. The molecule has 2 aromatic rings. The number of hydrogen-bond acceptors (Lipinski definition) is 3. The van der Waals surface area contributed by atoms with Gasteiger partial charge in [0.1, 0.15) is 5.75 Å². The van der Waals surface area contributed by atoms with Crippen molar-refractivity contribution in [2.45, 2.75) is 12.7 Å². The number of nitrogens with zero attached hydrogens (tertiary/aromatic N) is 2. The lowest BCUT2D eigenvalue weighted by molar-refractivity contribution is 0.414. The van der Waals surface area contributed by atoms with E-state index in [4.69, 9.17) is 9.29 Å². The number of hydrogen-bond donors (Lipinski definition) is 1. The quantitative estimate of drug-likeness (QED) is 0.859. The highest BCUT2D eigenvalue weighted by atomic mass is 32.2. The fourth-order valence-electron chi connectivity index (χ4n) is 1.66. The first kappa shape index (κ1) is 12.8. The van der Waals surface area contributed by atoms with Crippen LogP contribution in [0.4, 0.5) is 0 Å². The molecule has 1 N–H and O–H groups in total. The minimum Gasteiger partial charge on any atom is -0.497 e. The third-order valence-corrected chi connectivity index (χ3v) is 3.12. The van der Waals surface area contributed by atoms with Gasteiger partial charge in [0, 0.05) is 12.3 Å². The summed E-state index contributed by atoms with van der Waals surface area (Å²) in [7, 11) is 1.61. The zero-order valence-electron chi connectivity index (χ0n) is 10.2. The molecular weight excluding hydrogens is 252 g/mol.